The number of aromatic nitrogens is 4. The van der Waals surface area contributed by atoms with Crippen LogP contribution < -0.4 is 4.90 Å². The van der Waals surface area contributed by atoms with E-state index in [1.165, 1.54) is 10.9 Å². The van der Waals surface area contributed by atoms with Gasteiger partial charge in [0.25, 0.3) is 0 Å². The van der Waals surface area contributed by atoms with Crippen LogP contribution in [-0.4, -0.2) is 19.5 Å². The van der Waals surface area contributed by atoms with Gasteiger partial charge in [-0.15, -0.1) is 0 Å². The highest BCUT2D eigenvalue weighted by Crippen LogP contribution is 2.45. The Morgan fingerprint density at radius 2 is 0.850 bits per heavy atom. The number of para-hydroxylation sites is 2. The number of benzene rings is 9. The molecule has 0 unspecified atom stereocenters. The van der Waals surface area contributed by atoms with Crippen molar-refractivity contribution >= 4 is 49.6 Å². The molecule has 5 nitrogen and oxygen atoms in total. The van der Waals surface area contributed by atoms with Gasteiger partial charge in [0, 0.05) is 50.2 Å². The minimum Gasteiger partial charge on any atom is -0.310 e. The van der Waals surface area contributed by atoms with Crippen molar-refractivity contribution in [3.8, 4) is 51.0 Å². The molecule has 2 heterocycles. The first-order chi connectivity index (χ1) is 29.7. The van der Waals surface area contributed by atoms with Crippen LogP contribution in [0.3, 0.4) is 0 Å². The summed E-state index contributed by atoms with van der Waals surface area (Å²) in [6.45, 7) is 0. The molecule has 0 N–H and O–H groups in total. The molecular weight excluding hydrogens is 731 g/mol. The van der Waals surface area contributed by atoms with Crippen LogP contribution in [0, 0.1) is 0 Å². The molecule has 2 aromatic heterocycles. The molecule has 0 aliphatic heterocycles. The van der Waals surface area contributed by atoms with Crippen molar-refractivity contribution in [3.63, 3.8) is 0 Å². The molecule has 60 heavy (non-hydrogen) atoms. The van der Waals surface area contributed by atoms with Gasteiger partial charge in [-0.3, -0.25) is 0 Å². The second-order valence-corrected chi connectivity index (χ2v) is 14.9. The van der Waals surface area contributed by atoms with Gasteiger partial charge in [0.15, 0.2) is 17.5 Å². The standard InChI is InChI=1S/C55H37N5/c1-5-17-38(18-6-1)40-29-32-45(33-30-40)59(46-34-31-39-19-13-14-24-43(39)35-46)47-36-49(52-48-27-15-16-28-50(48)60(51(52)37-47)44-25-11-4-12-26-44)55-57-53(41-20-7-2-8-21-41)56-54(58-55)42-22-9-3-10-23-42/h1-37H. The van der Waals surface area contributed by atoms with E-state index < -0.39 is 0 Å². The fourth-order valence-corrected chi connectivity index (χ4v) is 8.37. The van der Waals surface area contributed by atoms with E-state index in [9.17, 15) is 0 Å². The molecule has 9 aromatic carbocycles. The van der Waals surface area contributed by atoms with Gasteiger partial charge in [-0.1, -0.05) is 170 Å². The second-order valence-electron chi connectivity index (χ2n) is 14.9. The lowest BCUT2D eigenvalue weighted by atomic mass is 10.0. The summed E-state index contributed by atoms with van der Waals surface area (Å²) in [5.74, 6) is 1.84. The van der Waals surface area contributed by atoms with Crippen molar-refractivity contribution in [2.24, 2.45) is 0 Å². The van der Waals surface area contributed by atoms with Crippen molar-refractivity contribution in [3.05, 3.63) is 224 Å². The molecule has 282 valence electrons. The molecule has 0 atom stereocenters. The second kappa shape index (κ2) is 15.0. The first-order valence-electron chi connectivity index (χ1n) is 20.2. The maximum absolute atomic E-state index is 5.32. The number of nitrogens with zero attached hydrogens (tertiary/aromatic N) is 5. The van der Waals surface area contributed by atoms with Crippen LogP contribution in [0.5, 0.6) is 0 Å². The van der Waals surface area contributed by atoms with E-state index in [1.54, 1.807) is 0 Å². The normalized spacial score (nSPS) is 11.3. The van der Waals surface area contributed by atoms with Gasteiger partial charge < -0.3 is 9.47 Å². The van der Waals surface area contributed by atoms with E-state index in [-0.39, 0.29) is 0 Å². The Labute approximate surface area is 348 Å². The predicted molar refractivity (Wildman–Crippen MR) is 248 cm³/mol. The van der Waals surface area contributed by atoms with Crippen molar-refractivity contribution in [2.45, 2.75) is 0 Å². The quantitative estimate of drug-likeness (QED) is 0.154. The molecule has 0 bridgehead atoms. The first-order valence-corrected chi connectivity index (χ1v) is 20.2. The lowest BCUT2D eigenvalue weighted by Crippen LogP contribution is -2.11. The van der Waals surface area contributed by atoms with Gasteiger partial charge in [-0.2, -0.15) is 0 Å². The number of rotatable bonds is 8. The summed E-state index contributed by atoms with van der Waals surface area (Å²) in [5, 5.41) is 4.54. The van der Waals surface area contributed by atoms with Crippen LogP contribution in [0.15, 0.2) is 224 Å². The minimum atomic E-state index is 0.600. The Hall–Kier alpha value is -8.15. The zero-order valence-corrected chi connectivity index (χ0v) is 32.6. The van der Waals surface area contributed by atoms with Crippen LogP contribution in [0.4, 0.5) is 17.1 Å². The smallest absolute Gasteiger partial charge is 0.164 e. The van der Waals surface area contributed by atoms with Crippen LogP contribution in [0.1, 0.15) is 0 Å². The van der Waals surface area contributed by atoms with E-state index >= 15 is 0 Å². The maximum atomic E-state index is 5.32. The predicted octanol–water partition coefficient (Wildman–Crippen LogP) is 14.3. The van der Waals surface area contributed by atoms with Gasteiger partial charge in [0.05, 0.1) is 11.0 Å². The average molecular weight is 768 g/mol. The molecule has 0 amide bonds. The summed E-state index contributed by atoms with van der Waals surface area (Å²) in [6.07, 6.45) is 0. The molecule has 0 saturated heterocycles. The Bertz CT molecular complexity index is 3230. The fraction of sp³-hybridized carbons (Fsp3) is 0. The number of hydrogen-bond acceptors (Lipinski definition) is 4. The number of hydrogen-bond donors (Lipinski definition) is 0. The number of fused-ring (bicyclic) bond motifs is 4. The van der Waals surface area contributed by atoms with Crippen molar-refractivity contribution in [1.82, 2.24) is 19.5 Å². The average Bonchev–Trinajstić information content (AvgIpc) is 3.67. The van der Waals surface area contributed by atoms with Gasteiger partial charge in [0.2, 0.25) is 0 Å². The summed E-state index contributed by atoms with van der Waals surface area (Å²) in [5.41, 5.74) is 11.4. The van der Waals surface area contributed by atoms with E-state index in [0.29, 0.717) is 17.5 Å². The molecule has 0 aliphatic rings. The molecule has 11 rings (SSSR count). The summed E-state index contributed by atoms with van der Waals surface area (Å²) in [6, 6.07) is 78.8. The van der Waals surface area contributed by atoms with Crippen molar-refractivity contribution in [2.75, 3.05) is 4.90 Å². The third kappa shape index (κ3) is 6.35. The van der Waals surface area contributed by atoms with Crippen LogP contribution in [0.25, 0.3) is 83.6 Å². The molecule has 0 spiro atoms. The highest BCUT2D eigenvalue weighted by atomic mass is 15.1. The third-order valence-corrected chi connectivity index (χ3v) is 11.2. The maximum Gasteiger partial charge on any atom is 0.164 e. The molecule has 0 aliphatic carbocycles. The molecule has 11 aromatic rings. The molecular formula is C55H37N5. The largest absolute Gasteiger partial charge is 0.310 e. The summed E-state index contributed by atoms with van der Waals surface area (Å²) in [4.78, 5) is 18.1. The Kier molecular flexibility index (Phi) is 8.75. The van der Waals surface area contributed by atoms with Crippen molar-refractivity contribution in [1.29, 1.82) is 0 Å². The fourth-order valence-electron chi connectivity index (χ4n) is 8.37. The van der Waals surface area contributed by atoms with E-state index in [0.717, 1.165) is 72.2 Å². The van der Waals surface area contributed by atoms with Crippen LogP contribution >= 0.6 is 0 Å². The summed E-state index contributed by atoms with van der Waals surface area (Å²) < 4.78 is 2.37. The zero-order valence-electron chi connectivity index (χ0n) is 32.6. The number of anilines is 3. The zero-order chi connectivity index (χ0) is 39.8. The molecule has 0 saturated carbocycles. The van der Waals surface area contributed by atoms with Gasteiger partial charge >= 0.3 is 0 Å². The first kappa shape index (κ1) is 35.0. The van der Waals surface area contributed by atoms with Crippen molar-refractivity contribution < 1.29 is 0 Å². The van der Waals surface area contributed by atoms with Crippen LogP contribution in [0.2, 0.25) is 0 Å². The van der Waals surface area contributed by atoms with Gasteiger partial charge in [0.1, 0.15) is 0 Å². The Balaban J connectivity index is 1.23. The highest BCUT2D eigenvalue weighted by Gasteiger charge is 2.24. The van der Waals surface area contributed by atoms with E-state index in [2.05, 4.69) is 198 Å². The Morgan fingerprint density at radius 1 is 0.333 bits per heavy atom. The Morgan fingerprint density at radius 3 is 1.52 bits per heavy atom. The minimum absolute atomic E-state index is 0.600. The lowest BCUT2D eigenvalue weighted by molar-refractivity contribution is 1.08. The van der Waals surface area contributed by atoms with Gasteiger partial charge in [-0.05, 0) is 76.5 Å². The van der Waals surface area contributed by atoms with E-state index in [4.69, 9.17) is 15.0 Å². The van der Waals surface area contributed by atoms with Crippen LogP contribution in [-0.2, 0) is 0 Å². The van der Waals surface area contributed by atoms with E-state index in [1.807, 2.05) is 36.4 Å². The lowest BCUT2D eigenvalue weighted by Gasteiger charge is -2.27. The summed E-state index contributed by atoms with van der Waals surface area (Å²) in [7, 11) is 0. The molecule has 0 fully saturated rings. The SMILES string of the molecule is c1ccc(-c2ccc(N(c3ccc4ccccc4c3)c3cc(-c4nc(-c5ccccc5)nc(-c5ccccc5)n4)c4c5ccccc5n(-c5ccccc5)c4c3)cc2)cc1. The van der Waals surface area contributed by atoms with Gasteiger partial charge in [-0.25, -0.2) is 15.0 Å². The molecule has 5 heteroatoms. The molecule has 0 radical (unpaired) electrons. The summed E-state index contributed by atoms with van der Waals surface area (Å²) >= 11 is 0. The topological polar surface area (TPSA) is 46.8 Å². The monoisotopic (exact) mass is 767 g/mol. The third-order valence-electron chi connectivity index (χ3n) is 11.2. The highest BCUT2D eigenvalue weighted by molar-refractivity contribution is 6.16.